The summed E-state index contributed by atoms with van der Waals surface area (Å²) >= 11 is 5.54. The first-order chi connectivity index (χ1) is 8.99. The predicted molar refractivity (Wildman–Crippen MR) is 90.4 cm³/mol. The third-order valence-corrected chi connectivity index (χ3v) is 4.18. The van der Waals surface area contributed by atoms with Gasteiger partial charge in [-0.15, -0.1) is 0 Å². The molecule has 0 fully saturated rings. The molecule has 2 rings (SSSR count). The second-order valence-corrected chi connectivity index (χ2v) is 6.18. The van der Waals surface area contributed by atoms with Crippen LogP contribution in [0.1, 0.15) is 15.9 Å². The van der Waals surface area contributed by atoms with Gasteiger partial charge in [-0.25, -0.2) is 0 Å². The second-order valence-electron chi connectivity index (χ2n) is 4.10. The fraction of sp³-hybridized carbons (Fsp3) is 0.0714. The minimum absolute atomic E-state index is 0.158. The molecule has 0 saturated heterocycles. The van der Waals surface area contributed by atoms with E-state index in [1.807, 2.05) is 31.2 Å². The van der Waals surface area contributed by atoms with Gasteiger partial charge < -0.3 is 11.1 Å². The smallest absolute Gasteiger partial charge is 0.256 e. The van der Waals surface area contributed by atoms with Crippen LogP contribution >= 0.6 is 38.5 Å². The summed E-state index contributed by atoms with van der Waals surface area (Å²) in [6, 6.07) is 11.2. The van der Waals surface area contributed by atoms with Gasteiger partial charge in [0.25, 0.3) is 5.91 Å². The largest absolute Gasteiger partial charge is 0.398 e. The predicted octanol–water partition coefficient (Wildman–Crippen LogP) is 4.20. The Morgan fingerprint density at radius 1 is 1.32 bits per heavy atom. The standard InChI is InChI=1S/C14H12BrIN2O/c1-8-10(6-9(15)7-12(8)17)14(19)18-13-5-3-2-4-11(13)16/h2-7H,17H2,1H3,(H,18,19). The summed E-state index contributed by atoms with van der Waals surface area (Å²) in [7, 11) is 0. The van der Waals surface area contributed by atoms with Crippen LogP contribution in [0, 0.1) is 10.5 Å². The van der Waals surface area contributed by atoms with Crippen LogP contribution in [0.3, 0.4) is 0 Å². The normalized spacial score (nSPS) is 10.3. The number of halogens is 2. The summed E-state index contributed by atoms with van der Waals surface area (Å²) in [6.45, 7) is 1.84. The minimum atomic E-state index is -0.158. The van der Waals surface area contributed by atoms with E-state index in [4.69, 9.17) is 5.73 Å². The number of rotatable bonds is 2. The highest BCUT2D eigenvalue weighted by molar-refractivity contribution is 14.1. The minimum Gasteiger partial charge on any atom is -0.398 e. The van der Waals surface area contributed by atoms with Gasteiger partial charge in [-0.3, -0.25) is 4.79 Å². The van der Waals surface area contributed by atoms with Crippen molar-refractivity contribution in [3.63, 3.8) is 0 Å². The van der Waals surface area contributed by atoms with Gasteiger partial charge in [0.05, 0.1) is 5.69 Å². The number of hydrogen-bond donors (Lipinski definition) is 2. The molecule has 0 spiro atoms. The number of para-hydroxylation sites is 1. The number of nitrogens with one attached hydrogen (secondary N) is 1. The molecule has 0 aromatic heterocycles. The van der Waals surface area contributed by atoms with E-state index in [1.54, 1.807) is 12.1 Å². The average Bonchev–Trinajstić information content (AvgIpc) is 2.36. The van der Waals surface area contributed by atoms with E-state index in [2.05, 4.69) is 43.8 Å². The Labute approximate surface area is 133 Å². The van der Waals surface area contributed by atoms with Crippen molar-refractivity contribution in [2.24, 2.45) is 0 Å². The number of carbonyl (C=O) groups is 1. The molecule has 0 aliphatic rings. The van der Waals surface area contributed by atoms with Crippen LogP contribution < -0.4 is 11.1 Å². The maximum Gasteiger partial charge on any atom is 0.256 e. The SMILES string of the molecule is Cc1c(N)cc(Br)cc1C(=O)Nc1ccccc1I. The molecule has 1 amide bonds. The molecule has 0 aliphatic heterocycles. The fourth-order valence-corrected chi connectivity index (χ4v) is 2.69. The molecule has 0 radical (unpaired) electrons. The van der Waals surface area contributed by atoms with Crippen molar-refractivity contribution in [3.8, 4) is 0 Å². The van der Waals surface area contributed by atoms with Gasteiger partial charge >= 0.3 is 0 Å². The molecular weight excluding hydrogens is 419 g/mol. The van der Waals surface area contributed by atoms with Crippen LogP contribution in [0.15, 0.2) is 40.9 Å². The van der Waals surface area contributed by atoms with E-state index in [1.165, 1.54) is 0 Å². The quantitative estimate of drug-likeness (QED) is 0.554. The monoisotopic (exact) mass is 430 g/mol. The molecule has 0 atom stereocenters. The molecule has 2 aromatic carbocycles. The molecule has 0 bridgehead atoms. The molecule has 3 nitrogen and oxygen atoms in total. The molecule has 98 valence electrons. The Morgan fingerprint density at radius 3 is 2.68 bits per heavy atom. The number of carbonyl (C=O) groups excluding carboxylic acids is 1. The van der Waals surface area contributed by atoms with Crippen molar-refractivity contribution in [2.45, 2.75) is 6.92 Å². The Bertz CT molecular complexity index is 643. The maximum atomic E-state index is 12.3. The van der Waals surface area contributed by atoms with Crippen LogP contribution in [0.4, 0.5) is 11.4 Å². The average molecular weight is 431 g/mol. The first-order valence-corrected chi connectivity index (χ1v) is 7.47. The van der Waals surface area contributed by atoms with Crippen LogP contribution in [-0.4, -0.2) is 5.91 Å². The fourth-order valence-electron chi connectivity index (χ4n) is 1.69. The van der Waals surface area contributed by atoms with Crippen molar-refractivity contribution >= 4 is 55.8 Å². The maximum absolute atomic E-state index is 12.3. The lowest BCUT2D eigenvalue weighted by molar-refractivity contribution is 0.102. The highest BCUT2D eigenvalue weighted by atomic mass is 127. The summed E-state index contributed by atoms with van der Waals surface area (Å²) in [5.74, 6) is -0.158. The molecule has 0 aliphatic carbocycles. The molecule has 19 heavy (non-hydrogen) atoms. The Balaban J connectivity index is 2.33. The zero-order valence-corrected chi connectivity index (χ0v) is 13.9. The summed E-state index contributed by atoms with van der Waals surface area (Å²) in [5.41, 5.74) is 8.63. The lowest BCUT2D eigenvalue weighted by atomic mass is 10.1. The Kier molecular flexibility index (Phi) is 4.46. The zero-order chi connectivity index (χ0) is 14.0. The van der Waals surface area contributed by atoms with E-state index in [0.29, 0.717) is 11.3 Å². The van der Waals surface area contributed by atoms with Crippen LogP contribution in [-0.2, 0) is 0 Å². The topological polar surface area (TPSA) is 55.1 Å². The van der Waals surface area contributed by atoms with Gasteiger partial charge in [0.2, 0.25) is 0 Å². The lowest BCUT2D eigenvalue weighted by Crippen LogP contribution is -2.15. The number of nitrogen functional groups attached to an aromatic ring is 1. The summed E-state index contributed by atoms with van der Waals surface area (Å²) in [6.07, 6.45) is 0. The van der Waals surface area contributed by atoms with Crippen LogP contribution in [0.2, 0.25) is 0 Å². The number of amides is 1. The van der Waals surface area contributed by atoms with Gasteiger partial charge in [-0.1, -0.05) is 28.1 Å². The zero-order valence-electron chi connectivity index (χ0n) is 10.2. The number of benzene rings is 2. The Hall–Kier alpha value is -1.08. The molecule has 0 saturated carbocycles. The van der Waals surface area contributed by atoms with E-state index in [0.717, 1.165) is 19.3 Å². The summed E-state index contributed by atoms with van der Waals surface area (Å²) in [5, 5.41) is 2.90. The number of anilines is 2. The van der Waals surface area contributed by atoms with E-state index in [9.17, 15) is 4.79 Å². The highest BCUT2D eigenvalue weighted by Crippen LogP contribution is 2.24. The molecule has 2 aromatic rings. The first kappa shape index (κ1) is 14.3. The summed E-state index contributed by atoms with van der Waals surface area (Å²) < 4.78 is 1.79. The number of nitrogens with two attached hydrogens (primary N) is 1. The van der Waals surface area contributed by atoms with Crippen molar-refractivity contribution in [2.75, 3.05) is 11.1 Å². The van der Waals surface area contributed by atoms with Crippen LogP contribution in [0.5, 0.6) is 0 Å². The van der Waals surface area contributed by atoms with E-state index < -0.39 is 0 Å². The Morgan fingerprint density at radius 2 is 2.00 bits per heavy atom. The summed E-state index contributed by atoms with van der Waals surface area (Å²) in [4.78, 5) is 12.3. The van der Waals surface area contributed by atoms with Crippen molar-refractivity contribution in [1.29, 1.82) is 0 Å². The van der Waals surface area contributed by atoms with Crippen molar-refractivity contribution < 1.29 is 4.79 Å². The number of hydrogen-bond acceptors (Lipinski definition) is 2. The molecule has 3 N–H and O–H groups in total. The van der Waals surface area contributed by atoms with Gasteiger partial charge in [-0.05, 0) is 59.3 Å². The van der Waals surface area contributed by atoms with Crippen molar-refractivity contribution in [3.05, 3.63) is 55.6 Å². The second kappa shape index (κ2) is 5.92. The molecule has 0 heterocycles. The van der Waals surface area contributed by atoms with E-state index >= 15 is 0 Å². The van der Waals surface area contributed by atoms with Gasteiger partial charge in [-0.2, -0.15) is 0 Å². The lowest BCUT2D eigenvalue weighted by Gasteiger charge is -2.11. The van der Waals surface area contributed by atoms with Gasteiger partial charge in [0.1, 0.15) is 0 Å². The highest BCUT2D eigenvalue weighted by Gasteiger charge is 2.13. The van der Waals surface area contributed by atoms with Gasteiger partial charge in [0.15, 0.2) is 0 Å². The molecule has 0 unspecified atom stereocenters. The first-order valence-electron chi connectivity index (χ1n) is 5.60. The van der Waals surface area contributed by atoms with Crippen LogP contribution in [0.25, 0.3) is 0 Å². The molecular formula is C14H12BrIN2O. The molecule has 5 heteroatoms. The van der Waals surface area contributed by atoms with Crippen molar-refractivity contribution in [1.82, 2.24) is 0 Å². The van der Waals surface area contributed by atoms with Gasteiger partial charge in [0, 0.05) is 19.3 Å². The van der Waals surface area contributed by atoms with E-state index in [-0.39, 0.29) is 5.91 Å². The third kappa shape index (κ3) is 3.27. The third-order valence-electron chi connectivity index (χ3n) is 2.78.